The largest absolute Gasteiger partial charge is 0.342 e. The van der Waals surface area contributed by atoms with Crippen molar-refractivity contribution in [2.24, 2.45) is 14.1 Å². The van der Waals surface area contributed by atoms with Crippen molar-refractivity contribution in [3.8, 4) is 0 Å². The Bertz CT molecular complexity index is 1200. The van der Waals surface area contributed by atoms with Gasteiger partial charge in [-0.2, -0.15) is 4.98 Å². The van der Waals surface area contributed by atoms with Gasteiger partial charge in [-0.15, -0.1) is 0 Å². The molecule has 1 saturated heterocycles. The normalized spacial score (nSPS) is 15.5. The van der Waals surface area contributed by atoms with Gasteiger partial charge in [0, 0.05) is 32.7 Å². The first-order chi connectivity index (χ1) is 14.5. The molecule has 4 rings (SSSR count). The van der Waals surface area contributed by atoms with Gasteiger partial charge in [-0.05, 0) is 25.7 Å². The SMILES string of the molecule is CC[C@@H](C(=O)c1ccccc1)n1c(N2CCCCC2)nc2c1c(=O)n(C)c(=O)n2C. The van der Waals surface area contributed by atoms with E-state index in [1.54, 1.807) is 23.7 Å². The molecule has 3 heterocycles. The van der Waals surface area contributed by atoms with E-state index < -0.39 is 17.3 Å². The minimum atomic E-state index is -0.584. The summed E-state index contributed by atoms with van der Waals surface area (Å²) in [5, 5.41) is 0. The third-order valence-electron chi connectivity index (χ3n) is 5.97. The van der Waals surface area contributed by atoms with E-state index in [-0.39, 0.29) is 5.78 Å². The summed E-state index contributed by atoms with van der Waals surface area (Å²) in [6, 6.07) is 8.53. The van der Waals surface area contributed by atoms with Crippen molar-refractivity contribution in [3.63, 3.8) is 0 Å². The van der Waals surface area contributed by atoms with Crippen molar-refractivity contribution < 1.29 is 4.79 Å². The summed E-state index contributed by atoms with van der Waals surface area (Å²) in [5.41, 5.74) is 0.365. The number of benzene rings is 1. The van der Waals surface area contributed by atoms with Crippen molar-refractivity contribution in [1.29, 1.82) is 0 Å². The first-order valence-corrected chi connectivity index (χ1v) is 10.5. The Morgan fingerprint density at radius 2 is 1.70 bits per heavy atom. The second-order valence-electron chi connectivity index (χ2n) is 7.86. The van der Waals surface area contributed by atoms with Crippen LogP contribution in [0.1, 0.15) is 49.0 Å². The number of imidazole rings is 1. The Hall–Kier alpha value is -3.16. The standard InChI is InChI=1S/C22H27N5O3/c1-4-16(18(28)15-11-7-5-8-12-15)27-17-19(24(2)22(30)25(3)20(17)29)23-21(27)26-13-9-6-10-14-26/h5,7-8,11-12,16H,4,6,9-10,13-14H2,1-3H3/t16-/m0/s1. The molecular formula is C22H27N5O3. The van der Waals surface area contributed by atoms with Gasteiger partial charge < -0.3 is 4.90 Å². The Kier molecular flexibility index (Phi) is 5.32. The highest BCUT2D eigenvalue weighted by atomic mass is 16.2. The van der Waals surface area contributed by atoms with Crippen LogP contribution in [-0.2, 0) is 14.1 Å². The fraction of sp³-hybridized carbons (Fsp3) is 0.455. The van der Waals surface area contributed by atoms with Crippen LogP contribution in [0.2, 0.25) is 0 Å². The highest BCUT2D eigenvalue weighted by Crippen LogP contribution is 2.30. The predicted octanol–water partition coefficient (Wildman–Crippen LogP) is 2.26. The number of anilines is 1. The Balaban J connectivity index is 2.01. The summed E-state index contributed by atoms with van der Waals surface area (Å²) >= 11 is 0. The van der Waals surface area contributed by atoms with Gasteiger partial charge in [0.05, 0.1) is 0 Å². The number of ketones is 1. The summed E-state index contributed by atoms with van der Waals surface area (Å²) in [7, 11) is 3.07. The van der Waals surface area contributed by atoms with Crippen molar-refractivity contribution >= 4 is 22.9 Å². The van der Waals surface area contributed by atoms with Crippen molar-refractivity contribution in [2.75, 3.05) is 18.0 Å². The molecule has 0 spiro atoms. The lowest BCUT2D eigenvalue weighted by Crippen LogP contribution is -2.38. The quantitative estimate of drug-likeness (QED) is 0.604. The molecule has 0 N–H and O–H groups in total. The number of hydrogen-bond donors (Lipinski definition) is 0. The zero-order valence-corrected chi connectivity index (χ0v) is 17.7. The number of hydrogen-bond acceptors (Lipinski definition) is 5. The highest BCUT2D eigenvalue weighted by molar-refractivity contribution is 6.00. The Labute approximate surface area is 174 Å². The molecule has 0 radical (unpaired) electrons. The number of rotatable bonds is 5. The summed E-state index contributed by atoms with van der Waals surface area (Å²) in [6.45, 7) is 3.56. The lowest BCUT2D eigenvalue weighted by molar-refractivity contribution is 0.0925. The molecular weight excluding hydrogens is 382 g/mol. The van der Waals surface area contributed by atoms with E-state index in [0.29, 0.717) is 29.1 Å². The number of aromatic nitrogens is 4. The van der Waals surface area contributed by atoms with Crippen LogP contribution in [0.4, 0.5) is 5.95 Å². The van der Waals surface area contributed by atoms with Gasteiger partial charge in [0.2, 0.25) is 5.95 Å². The average molecular weight is 409 g/mol. The van der Waals surface area contributed by atoms with Crippen LogP contribution in [0.3, 0.4) is 0 Å². The van der Waals surface area contributed by atoms with Crippen molar-refractivity contribution in [2.45, 2.75) is 38.6 Å². The minimum absolute atomic E-state index is 0.0634. The topological polar surface area (TPSA) is 82.1 Å². The first kappa shape index (κ1) is 20.1. The van der Waals surface area contributed by atoms with E-state index >= 15 is 0 Å². The molecule has 0 bridgehead atoms. The molecule has 0 amide bonds. The zero-order chi connectivity index (χ0) is 21.4. The van der Waals surface area contributed by atoms with Gasteiger partial charge in [-0.1, -0.05) is 37.3 Å². The van der Waals surface area contributed by atoms with Gasteiger partial charge in [0.25, 0.3) is 5.56 Å². The molecule has 0 saturated carbocycles. The second-order valence-corrected chi connectivity index (χ2v) is 7.86. The van der Waals surface area contributed by atoms with Crippen molar-refractivity contribution in [3.05, 3.63) is 56.7 Å². The lowest BCUT2D eigenvalue weighted by Gasteiger charge is -2.30. The Morgan fingerprint density at radius 1 is 1.03 bits per heavy atom. The minimum Gasteiger partial charge on any atom is -0.342 e. The summed E-state index contributed by atoms with van der Waals surface area (Å²) in [5.74, 6) is 0.533. The van der Waals surface area contributed by atoms with Crippen LogP contribution >= 0.6 is 0 Å². The molecule has 1 aromatic carbocycles. The van der Waals surface area contributed by atoms with Crippen LogP contribution < -0.4 is 16.1 Å². The monoisotopic (exact) mass is 409 g/mol. The highest BCUT2D eigenvalue weighted by Gasteiger charge is 2.31. The van der Waals surface area contributed by atoms with Crippen molar-refractivity contribution in [1.82, 2.24) is 18.7 Å². The van der Waals surface area contributed by atoms with Crippen LogP contribution in [0.25, 0.3) is 11.2 Å². The molecule has 158 valence electrons. The van der Waals surface area contributed by atoms with Gasteiger partial charge in [0.15, 0.2) is 16.9 Å². The summed E-state index contributed by atoms with van der Waals surface area (Å²) in [6.07, 6.45) is 3.72. The summed E-state index contributed by atoms with van der Waals surface area (Å²) in [4.78, 5) is 46.0. The Morgan fingerprint density at radius 3 is 2.33 bits per heavy atom. The molecule has 1 atom stereocenters. The van der Waals surface area contributed by atoms with E-state index in [1.165, 1.54) is 11.6 Å². The number of carbonyl (C=O) groups is 1. The maximum Gasteiger partial charge on any atom is 0.332 e. The fourth-order valence-electron chi connectivity index (χ4n) is 4.30. The second kappa shape index (κ2) is 7.93. The number of nitrogens with zero attached hydrogens (tertiary/aromatic N) is 5. The van der Waals surface area contributed by atoms with Crippen LogP contribution in [0.15, 0.2) is 39.9 Å². The lowest BCUT2D eigenvalue weighted by atomic mass is 10.0. The molecule has 0 aliphatic carbocycles. The van der Waals surface area contributed by atoms with Gasteiger partial charge in [-0.25, -0.2) is 4.79 Å². The number of fused-ring (bicyclic) bond motifs is 1. The van der Waals surface area contributed by atoms with Crippen LogP contribution in [0.5, 0.6) is 0 Å². The smallest absolute Gasteiger partial charge is 0.332 e. The van der Waals surface area contributed by atoms with E-state index in [4.69, 9.17) is 4.98 Å². The molecule has 1 aliphatic rings. The molecule has 30 heavy (non-hydrogen) atoms. The molecule has 1 aliphatic heterocycles. The van der Waals surface area contributed by atoms with E-state index in [1.807, 2.05) is 25.1 Å². The molecule has 8 heteroatoms. The van der Waals surface area contributed by atoms with Crippen LogP contribution in [-0.4, -0.2) is 37.6 Å². The third-order valence-corrected chi connectivity index (χ3v) is 5.97. The summed E-state index contributed by atoms with van der Waals surface area (Å²) < 4.78 is 4.25. The molecule has 3 aromatic rings. The molecule has 0 unspecified atom stereocenters. The molecule has 2 aromatic heterocycles. The van der Waals surface area contributed by atoms with Gasteiger partial charge >= 0.3 is 5.69 Å². The maximum absolute atomic E-state index is 13.5. The molecule has 8 nitrogen and oxygen atoms in total. The number of carbonyl (C=O) groups excluding carboxylic acids is 1. The van der Waals surface area contributed by atoms with Gasteiger partial charge in [-0.3, -0.25) is 23.3 Å². The average Bonchev–Trinajstić information content (AvgIpc) is 3.18. The predicted molar refractivity (Wildman–Crippen MR) is 116 cm³/mol. The number of Topliss-reactive ketones (excluding diaryl/α,β-unsaturated/α-hetero) is 1. The van der Waals surface area contributed by atoms with E-state index in [0.717, 1.165) is 36.9 Å². The first-order valence-electron chi connectivity index (χ1n) is 10.5. The van der Waals surface area contributed by atoms with E-state index in [9.17, 15) is 14.4 Å². The third kappa shape index (κ3) is 3.16. The number of aryl methyl sites for hydroxylation is 1. The fourth-order valence-corrected chi connectivity index (χ4v) is 4.30. The van der Waals surface area contributed by atoms with Gasteiger partial charge in [0.1, 0.15) is 6.04 Å². The molecule has 1 fully saturated rings. The zero-order valence-electron chi connectivity index (χ0n) is 17.7. The number of piperidine rings is 1. The van der Waals surface area contributed by atoms with Crippen LogP contribution in [0, 0.1) is 0 Å². The van der Waals surface area contributed by atoms with E-state index in [2.05, 4.69) is 4.90 Å². The maximum atomic E-state index is 13.5.